The summed E-state index contributed by atoms with van der Waals surface area (Å²) < 4.78 is 24.8. The van der Waals surface area contributed by atoms with Crippen LogP contribution >= 0.6 is 0 Å². The van der Waals surface area contributed by atoms with Crippen LogP contribution in [-0.4, -0.2) is 52.5 Å². The zero-order valence-corrected chi connectivity index (χ0v) is 14.8. The molecule has 2 aromatic heterocycles. The van der Waals surface area contributed by atoms with Crippen LogP contribution in [0.5, 0.6) is 0 Å². The zero-order valence-electron chi connectivity index (χ0n) is 14.0. The number of hydrogen-bond donors (Lipinski definition) is 1. The number of anilines is 1. The van der Waals surface area contributed by atoms with Crippen LogP contribution in [0.1, 0.15) is 19.8 Å². The Hall–Kier alpha value is -2.33. The highest BCUT2D eigenvalue weighted by atomic mass is 32.2. The maximum atomic E-state index is 11.7. The second-order valence-electron chi connectivity index (χ2n) is 6.49. The number of rotatable bonds is 4. The third-order valence-electron chi connectivity index (χ3n) is 4.52. The SMILES string of the molecule is CC1(Nc2c([N+](=O)[O-])cnc3cccnc23)CCN(S(C)(=O)=O)CC1. The molecule has 3 heterocycles. The maximum absolute atomic E-state index is 11.7. The average molecular weight is 365 g/mol. The normalized spacial score (nSPS) is 18.2. The van der Waals surface area contributed by atoms with Gasteiger partial charge in [0, 0.05) is 24.8 Å². The first-order chi connectivity index (χ1) is 11.7. The highest BCUT2D eigenvalue weighted by Crippen LogP contribution is 2.35. The number of piperidine rings is 1. The summed E-state index contributed by atoms with van der Waals surface area (Å²) in [5, 5.41) is 14.7. The van der Waals surface area contributed by atoms with Crippen molar-refractivity contribution in [1.82, 2.24) is 14.3 Å². The second-order valence-corrected chi connectivity index (χ2v) is 8.48. The number of sulfonamides is 1. The molecule has 1 aliphatic heterocycles. The van der Waals surface area contributed by atoms with Gasteiger partial charge >= 0.3 is 5.69 Å². The Balaban J connectivity index is 1.95. The van der Waals surface area contributed by atoms with E-state index in [0.29, 0.717) is 42.7 Å². The Labute approximate surface area is 145 Å². The molecular formula is C15H19N5O4S. The molecule has 10 heteroatoms. The fourth-order valence-corrected chi connectivity index (χ4v) is 3.86. The van der Waals surface area contributed by atoms with E-state index in [-0.39, 0.29) is 5.69 Å². The fourth-order valence-electron chi connectivity index (χ4n) is 3.01. The third-order valence-corrected chi connectivity index (χ3v) is 5.83. The molecular weight excluding hydrogens is 346 g/mol. The van der Waals surface area contributed by atoms with Crippen LogP contribution in [0, 0.1) is 10.1 Å². The minimum Gasteiger partial charge on any atom is -0.372 e. The molecule has 25 heavy (non-hydrogen) atoms. The van der Waals surface area contributed by atoms with Crippen LogP contribution in [0.4, 0.5) is 11.4 Å². The number of hydrogen-bond acceptors (Lipinski definition) is 7. The van der Waals surface area contributed by atoms with Gasteiger partial charge in [0.15, 0.2) is 0 Å². The molecule has 0 spiro atoms. The lowest BCUT2D eigenvalue weighted by atomic mass is 9.90. The molecule has 0 bridgehead atoms. The lowest BCUT2D eigenvalue weighted by molar-refractivity contribution is -0.384. The van der Waals surface area contributed by atoms with Crippen molar-refractivity contribution in [3.63, 3.8) is 0 Å². The Kier molecular flexibility index (Phi) is 4.33. The van der Waals surface area contributed by atoms with Crippen LogP contribution in [0.2, 0.25) is 0 Å². The van der Waals surface area contributed by atoms with E-state index in [4.69, 9.17) is 0 Å². The van der Waals surface area contributed by atoms with Crippen molar-refractivity contribution in [2.75, 3.05) is 24.7 Å². The van der Waals surface area contributed by atoms with E-state index < -0.39 is 20.5 Å². The molecule has 0 unspecified atom stereocenters. The number of fused-ring (bicyclic) bond motifs is 1. The van der Waals surface area contributed by atoms with Crippen molar-refractivity contribution in [3.05, 3.63) is 34.6 Å². The van der Waals surface area contributed by atoms with E-state index in [1.807, 2.05) is 6.92 Å². The summed E-state index contributed by atoms with van der Waals surface area (Å²) in [4.78, 5) is 19.2. The number of pyridine rings is 2. The number of nitro groups is 1. The van der Waals surface area contributed by atoms with Gasteiger partial charge < -0.3 is 5.32 Å². The molecule has 1 N–H and O–H groups in total. The summed E-state index contributed by atoms with van der Waals surface area (Å²) in [6, 6.07) is 3.46. The van der Waals surface area contributed by atoms with Crippen LogP contribution in [0.15, 0.2) is 24.5 Å². The van der Waals surface area contributed by atoms with Crippen LogP contribution < -0.4 is 5.32 Å². The topological polar surface area (TPSA) is 118 Å². The highest BCUT2D eigenvalue weighted by Gasteiger charge is 2.35. The molecule has 1 fully saturated rings. The molecule has 0 amide bonds. The van der Waals surface area contributed by atoms with E-state index in [0.717, 1.165) is 0 Å². The van der Waals surface area contributed by atoms with Gasteiger partial charge in [0.2, 0.25) is 10.0 Å². The van der Waals surface area contributed by atoms with Gasteiger partial charge in [0.05, 0.1) is 16.7 Å². The summed E-state index contributed by atoms with van der Waals surface area (Å²) in [5.74, 6) is 0. The molecule has 0 aromatic carbocycles. The first-order valence-corrected chi connectivity index (χ1v) is 9.66. The number of nitrogens with zero attached hydrogens (tertiary/aromatic N) is 4. The maximum Gasteiger partial charge on any atom is 0.312 e. The Bertz CT molecular complexity index is 923. The van der Waals surface area contributed by atoms with Crippen LogP contribution in [0.25, 0.3) is 11.0 Å². The van der Waals surface area contributed by atoms with E-state index in [9.17, 15) is 18.5 Å². The van der Waals surface area contributed by atoms with Crippen molar-refractivity contribution < 1.29 is 13.3 Å². The molecule has 1 saturated heterocycles. The second kappa shape index (κ2) is 6.19. The molecule has 2 aromatic rings. The van der Waals surface area contributed by atoms with Gasteiger partial charge in [0.25, 0.3) is 0 Å². The summed E-state index contributed by atoms with van der Waals surface area (Å²) in [6.45, 7) is 2.67. The van der Waals surface area contributed by atoms with Crippen molar-refractivity contribution in [2.45, 2.75) is 25.3 Å². The van der Waals surface area contributed by atoms with Crippen molar-refractivity contribution in [3.8, 4) is 0 Å². The minimum absolute atomic E-state index is 0.141. The van der Waals surface area contributed by atoms with Gasteiger partial charge in [-0.05, 0) is 31.9 Å². The van der Waals surface area contributed by atoms with Crippen molar-refractivity contribution in [2.24, 2.45) is 0 Å². The van der Waals surface area contributed by atoms with E-state index in [2.05, 4.69) is 15.3 Å². The standard InChI is InChI=1S/C15H19N5O4S/c1-15(5-8-19(9-6-15)25(2,23)24)18-14-12(20(21)22)10-17-11-4-3-7-16-13(11)14/h3-4,7,10H,5-6,8-9H2,1-2H3,(H,17,18). The van der Waals surface area contributed by atoms with Gasteiger partial charge in [0.1, 0.15) is 17.4 Å². The molecule has 3 rings (SSSR count). The summed E-state index contributed by atoms with van der Waals surface area (Å²) >= 11 is 0. The van der Waals surface area contributed by atoms with E-state index in [1.165, 1.54) is 16.8 Å². The first kappa shape index (κ1) is 17.5. The molecule has 0 saturated carbocycles. The first-order valence-electron chi connectivity index (χ1n) is 7.81. The number of nitrogens with one attached hydrogen (secondary N) is 1. The van der Waals surface area contributed by atoms with Gasteiger partial charge in [-0.3, -0.25) is 15.1 Å². The quantitative estimate of drug-likeness (QED) is 0.648. The lowest BCUT2D eigenvalue weighted by Crippen LogP contribution is -2.48. The molecule has 9 nitrogen and oxygen atoms in total. The predicted octanol–water partition coefficient (Wildman–Crippen LogP) is 1.76. The fraction of sp³-hybridized carbons (Fsp3) is 0.467. The molecule has 0 radical (unpaired) electrons. The van der Waals surface area contributed by atoms with Crippen molar-refractivity contribution >= 4 is 32.4 Å². The smallest absolute Gasteiger partial charge is 0.312 e. The molecule has 1 aliphatic rings. The third kappa shape index (κ3) is 3.54. The molecule has 0 aliphatic carbocycles. The average Bonchev–Trinajstić information content (AvgIpc) is 2.54. The Morgan fingerprint density at radius 2 is 2.00 bits per heavy atom. The summed E-state index contributed by atoms with van der Waals surface area (Å²) in [6.07, 6.45) is 5.05. The van der Waals surface area contributed by atoms with Crippen LogP contribution in [-0.2, 0) is 10.0 Å². The van der Waals surface area contributed by atoms with Gasteiger partial charge in [-0.25, -0.2) is 17.7 Å². The molecule has 0 atom stereocenters. The monoisotopic (exact) mass is 365 g/mol. The van der Waals surface area contributed by atoms with Crippen molar-refractivity contribution in [1.29, 1.82) is 0 Å². The van der Waals surface area contributed by atoms with Gasteiger partial charge in [-0.2, -0.15) is 0 Å². The van der Waals surface area contributed by atoms with E-state index in [1.54, 1.807) is 18.3 Å². The lowest BCUT2D eigenvalue weighted by Gasteiger charge is -2.39. The van der Waals surface area contributed by atoms with Crippen LogP contribution in [0.3, 0.4) is 0 Å². The summed E-state index contributed by atoms with van der Waals surface area (Å²) in [5.41, 5.74) is 0.706. The van der Waals surface area contributed by atoms with Gasteiger partial charge in [-0.15, -0.1) is 0 Å². The largest absolute Gasteiger partial charge is 0.372 e. The minimum atomic E-state index is -3.23. The Morgan fingerprint density at radius 1 is 1.32 bits per heavy atom. The highest BCUT2D eigenvalue weighted by molar-refractivity contribution is 7.88. The summed E-state index contributed by atoms with van der Waals surface area (Å²) in [7, 11) is -3.23. The Morgan fingerprint density at radius 3 is 2.60 bits per heavy atom. The number of aromatic nitrogens is 2. The van der Waals surface area contributed by atoms with E-state index >= 15 is 0 Å². The van der Waals surface area contributed by atoms with Gasteiger partial charge in [-0.1, -0.05) is 0 Å². The zero-order chi connectivity index (χ0) is 18.2. The molecule has 134 valence electrons. The predicted molar refractivity (Wildman–Crippen MR) is 93.9 cm³/mol.